The molecule has 116 valence electrons. The lowest BCUT2D eigenvalue weighted by Crippen LogP contribution is -2.31. The maximum absolute atomic E-state index is 12.0. The van der Waals surface area contributed by atoms with E-state index >= 15 is 0 Å². The number of nitrogens with one attached hydrogen (secondary N) is 1. The van der Waals surface area contributed by atoms with E-state index in [-0.39, 0.29) is 6.03 Å². The molecule has 0 fully saturated rings. The summed E-state index contributed by atoms with van der Waals surface area (Å²) in [5.74, 6) is 0. The third-order valence-electron chi connectivity index (χ3n) is 2.99. The van der Waals surface area contributed by atoms with E-state index in [1.54, 1.807) is 37.6 Å². The van der Waals surface area contributed by atoms with E-state index < -0.39 is 10.8 Å². The summed E-state index contributed by atoms with van der Waals surface area (Å²) in [6, 6.07) is 16.1. The van der Waals surface area contributed by atoms with Crippen molar-refractivity contribution >= 4 is 22.5 Å². The SMILES string of the molecule is CN(OCc1ccccc1)C(=O)Nc1ccc(S(C)=O)cc1. The second-order valence-corrected chi connectivity index (χ2v) is 6.04. The number of hydrogen-bond donors (Lipinski definition) is 1. The van der Waals surface area contributed by atoms with Crippen molar-refractivity contribution in [2.75, 3.05) is 18.6 Å². The van der Waals surface area contributed by atoms with Gasteiger partial charge in [0.2, 0.25) is 0 Å². The summed E-state index contributed by atoms with van der Waals surface area (Å²) in [6.45, 7) is 0.318. The largest absolute Gasteiger partial charge is 0.345 e. The van der Waals surface area contributed by atoms with Gasteiger partial charge in [-0.1, -0.05) is 30.3 Å². The van der Waals surface area contributed by atoms with Crippen molar-refractivity contribution in [3.8, 4) is 0 Å². The number of hydroxylamine groups is 2. The molecule has 0 aliphatic heterocycles. The number of amides is 2. The minimum atomic E-state index is -1.03. The van der Waals surface area contributed by atoms with Gasteiger partial charge in [-0.15, -0.1) is 0 Å². The molecule has 0 saturated heterocycles. The van der Waals surface area contributed by atoms with Crippen LogP contribution in [0.15, 0.2) is 59.5 Å². The van der Waals surface area contributed by atoms with Crippen molar-refractivity contribution in [1.82, 2.24) is 5.06 Å². The molecule has 1 unspecified atom stereocenters. The van der Waals surface area contributed by atoms with Gasteiger partial charge in [-0.2, -0.15) is 0 Å². The molecule has 1 N–H and O–H groups in total. The average Bonchev–Trinajstić information content (AvgIpc) is 2.54. The molecule has 2 amide bonds. The summed E-state index contributed by atoms with van der Waals surface area (Å²) < 4.78 is 11.3. The molecule has 0 radical (unpaired) electrons. The molecule has 1 atom stereocenters. The number of rotatable bonds is 5. The van der Waals surface area contributed by atoms with Crippen LogP contribution >= 0.6 is 0 Å². The standard InChI is InChI=1S/C16H18N2O3S/c1-18(21-12-13-6-4-3-5-7-13)16(19)17-14-8-10-15(11-9-14)22(2)20/h3-11H,12H2,1-2H3,(H,17,19). The van der Waals surface area contributed by atoms with Crippen LogP contribution in [-0.2, 0) is 22.2 Å². The first-order valence-corrected chi connectivity index (χ1v) is 8.27. The van der Waals surface area contributed by atoms with Crippen molar-refractivity contribution in [3.63, 3.8) is 0 Å². The Balaban J connectivity index is 1.87. The Kier molecular flexibility index (Phi) is 5.68. The summed E-state index contributed by atoms with van der Waals surface area (Å²) in [5, 5.41) is 3.86. The van der Waals surface area contributed by atoms with Crippen molar-refractivity contribution in [3.05, 3.63) is 60.2 Å². The smallest absolute Gasteiger partial charge is 0.306 e. The number of urea groups is 1. The first-order valence-electron chi connectivity index (χ1n) is 6.71. The molecular formula is C16H18N2O3S. The van der Waals surface area contributed by atoms with E-state index in [0.29, 0.717) is 17.2 Å². The second kappa shape index (κ2) is 7.72. The molecule has 0 aromatic heterocycles. The molecule has 0 aliphatic carbocycles. The summed E-state index contributed by atoms with van der Waals surface area (Å²) in [7, 11) is 0.519. The zero-order valence-corrected chi connectivity index (χ0v) is 13.3. The molecule has 0 spiro atoms. The van der Waals surface area contributed by atoms with Crippen molar-refractivity contribution in [2.24, 2.45) is 0 Å². The summed E-state index contributed by atoms with van der Waals surface area (Å²) in [6.07, 6.45) is 1.61. The molecule has 6 heteroatoms. The Morgan fingerprint density at radius 3 is 2.36 bits per heavy atom. The summed E-state index contributed by atoms with van der Waals surface area (Å²) in [5.41, 5.74) is 1.60. The van der Waals surface area contributed by atoms with Gasteiger partial charge in [-0.3, -0.25) is 9.05 Å². The van der Waals surface area contributed by atoms with E-state index in [9.17, 15) is 9.00 Å². The Hall–Kier alpha value is -2.18. The van der Waals surface area contributed by atoms with E-state index in [0.717, 1.165) is 10.6 Å². The first-order chi connectivity index (χ1) is 10.6. The molecular weight excluding hydrogens is 300 g/mol. The van der Waals surface area contributed by atoms with Gasteiger partial charge >= 0.3 is 6.03 Å². The van der Waals surface area contributed by atoms with Gasteiger partial charge in [-0.25, -0.2) is 9.86 Å². The highest BCUT2D eigenvalue weighted by Gasteiger charge is 2.10. The quantitative estimate of drug-likeness (QED) is 0.862. The van der Waals surface area contributed by atoms with Gasteiger partial charge < -0.3 is 5.32 Å². The zero-order chi connectivity index (χ0) is 15.9. The highest BCUT2D eigenvalue weighted by molar-refractivity contribution is 7.84. The third kappa shape index (κ3) is 4.68. The van der Waals surface area contributed by atoms with Crippen molar-refractivity contribution in [2.45, 2.75) is 11.5 Å². The number of carbonyl (C=O) groups excluding carboxylic acids is 1. The lowest BCUT2D eigenvalue weighted by molar-refractivity contribution is -0.105. The van der Waals surface area contributed by atoms with Crippen LogP contribution in [0.25, 0.3) is 0 Å². The highest BCUT2D eigenvalue weighted by atomic mass is 32.2. The molecule has 0 aliphatic rings. The van der Waals surface area contributed by atoms with Gasteiger partial charge in [0.05, 0.1) is 0 Å². The second-order valence-electron chi connectivity index (χ2n) is 4.67. The fourth-order valence-corrected chi connectivity index (χ4v) is 2.26. The van der Waals surface area contributed by atoms with Gasteiger partial charge in [0.25, 0.3) is 0 Å². The van der Waals surface area contributed by atoms with Crippen LogP contribution in [0.4, 0.5) is 10.5 Å². The van der Waals surface area contributed by atoms with E-state index in [2.05, 4.69) is 5.32 Å². The van der Waals surface area contributed by atoms with Crippen LogP contribution in [0, 0.1) is 0 Å². The lowest BCUT2D eigenvalue weighted by Gasteiger charge is -2.17. The molecule has 2 aromatic carbocycles. The number of hydrogen-bond acceptors (Lipinski definition) is 3. The number of carbonyl (C=O) groups is 1. The fraction of sp³-hybridized carbons (Fsp3) is 0.188. The molecule has 5 nitrogen and oxygen atoms in total. The topological polar surface area (TPSA) is 58.6 Å². The lowest BCUT2D eigenvalue weighted by atomic mass is 10.2. The molecule has 0 bridgehead atoms. The van der Waals surface area contributed by atoms with Crippen LogP contribution in [0.3, 0.4) is 0 Å². The molecule has 0 heterocycles. The number of anilines is 1. The minimum absolute atomic E-state index is 0.318. The van der Waals surface area contributed by atoms with Gasteiger partial charge in [0, 0.05) is 34.7 Å². The van der Waals surface area contributed by atoms with Crippen LogP contribution in [-0.4, -0.2) is 28.6 Å². The summed E-state index contributed by atoms with van der Waals surface area (Å²) in [4.78, 5) is 18.1. The minimum Gasteiger partial charge on any atom is -0.306 e. The average molecular weight is 318 g/mol. The molecule has 0 saturated carbocycles. The predicted octanol–water partition coefficient (Wildman–Crippen LogP) is 3.02. The zero-order valence-electron chi connectivity index (χ0n) is 12.5. The third-order valence-corrected chi connectivity index (χ3v) is 3.93. The van der Waals surface area contributed by atoms with Crippen molar-refractivity contribution < 1.29 is 13.8 Å². The monoisotopic (exact) mass is 318 g/mol. The molecule has 2 rings (SSSR count). The van der Waals surface area contributed by atoms with E-state index in [4.69, 9.17) is 4.84 Å². The number of nitrogens with zero attached hydrogens (tertiary/aromatic N) is 1. The van der Waals surface area contributed by atoms with E-state index in [1.165, 1.54) is 0 Å². The van der Waals surface area contributed by atoms with Crippen LogP contribution < -0.4 is 5.32 Å². The maximum Gasteiger partial charge on any atom is 0.345 e. The fourth-order valence-electron chi connectivity index (χ4n) is 1.74. The summed E-state index contributed by atoms with van der Waals surface area (Å²) >= 11 is 0. The Labute approximate surface area is 132 Å². The van der Waals surface area contributed by atoms with Gasteiger partial charge in [0.1, 0.15) is 6.61 Å². The Morgan fingerprint density at radius 1 is 1.14 bits per heavy atom. The molecule has 2 aromatic rings. The van der Waals surface area contributed by atoms with Crippen LogP contribution in [0.1, 0.15) is 5.56 Å². The normalized spacial score (nSPS) is 11.7. The maximum atomic E-state index is 12.0. The van der Waals surface area contributed by atoms with Gasteiger partial charge in [-0.05, 0) is 29.8 Å². The van der Waals surface area contributed by atoms with Crippen LogP contribution in [0.2, 0.25) is 0 Å². The predicted molar refractivity (Wildman–Crippen MR) is 86.8 cm³/mol. The van der Waals surface area contributed by atoms with Crippen molar-refractivity contribution in [1.29, 1.82) is 0 Å². The highest BCUT2D eigenvalue weighted by Crippen LogP contribution is 2.12. The Bertz CT molecular complexity index is 644. The van der Waals surface area contributed by atoms with Crippen LogP contribution in [0.5, 0.6) is 0 Å². The van der Waals surface area contributed by atoms with E-state index in [1.807, 2.05) is 30.3 Å². The van der Waals surface area contributed by atoms with Gasteiger partial charge in [0.15, 0.2) is 0 Å². The Morgan fingerprint density at radius 2 is 1.77 bits per heavy atom. The molecule has 22 heavy (non-hydrogen) atoms. The number of benzene rings is 2. The first kappa shape index (κ1) is 16.2.